The molecule has 0 fully saturated rings. The Hall–Kier alpha value is -2.11. The summed E-state index contributed by atoms with van der Waals surface area (Å²) in [6.07, 6.45) is 1.21. The largest absolute Gasteiger partial charge is 0.355 e. The predicted octanol–water partition coefficient (Wildman–Crippen LogP) is 4.11. The van der Waals surface area contributed by atoms with Crippen LogP contribution in [0.2, 0.25) is 5.02 Å². The third-order valence-corrected chi connectivity index (χ3v) is 5.31. The van der Waals surface area contributed by atoms with Gasteiger partial charge in [-0.3, -0.25) is 4.79 Å². The van der Waals surface area contributed by atoms with Crippen molar-refractivity contribution in [3.8, 4) is 5.69 Å². The van der Waals surface area contributed by atoms with Crippen molar-refractivity contribution < 1.29 is 4.79 Å². The number of thiophene rings is 1. The van der Waals surface area contributed by atoms with Crippen LogP contribution in [0.1, 0.15) is 21.8 Å². The molecule has 0 unspecified atom stereocenters. The lowest BCUT2D eigenvalue weighted by Crippen LogP contribution is -2.27. The second kappa shape index (κ2) is 7.85. The molecule has 0 radical (unpaired) electrons. The quantitative estimate of drug-likeness (QED) is 0.706. The summed E-state index contributed by atoms with van der Waals surface area (Å²) in [6.45, 7) is 4.58. The Kier molecular flexibility index (Phi) is 5.56. The zero-order valence-corrected chi connectivity index (χ0v) is 15.8. The number of aromatic nitrogens is 2. The molecule has 2 aromatic heterocycles. The molecule has 0 aliphatic carbocycles. The zero-order chi connectivity index (χ0) is 17.8. The van der Waals surface area contributed by atoms with Gasteiger partial charge in [-0.1, -0.05) is 17.7 Å². The molecule has 0 saturated heterocycles. The van der Waals surface area contributed by atoms with Gasteiger partial charge >= 0.3 is 0 Å². The van der Waals surface area contributed by atoms with Crippen molar-refractivity contribution in [2.75, 3.05) is 6.54 Å². The van der Waals surface area contributed by atoms with Gasteiger partial charge in [-0.2, -0.15) is 5.10 Å². The molecule has 2 heterocycles. The molecular formula is C19H20ClN3OS. The number of benzene rings is 1. The fourth-order valence-electron chi connectivity index (χ4n) is 2.77. The van der Waals surface area contributed by atoms with E-state index in [4.69, 9.17) is 11.6 Å². The molecule has 0 aliphatic rings. The number of nitrogens with zero attached hydrogens (tertiary/aromatic N) is 2. The summed E-state index contributed by atoms with van der Waals surface area (Å²) >= 11 is 7.66. The maximum atomic E-state index is 12.3. The molecule has 3 aromatic rings. The summed E-state index contributed by atoms with van der Waals surface area (Å²) in [7, 11) is 0. The first-order valence-electron chi connectivity index (χ1n) is 8.14. The molecular weight excluding hydrogens is 354 g/mol. The van der Waals surface area contributed by atoms with Gasteiger partial charge in [0, 0.05) is 27.7 Å². The van der Waals surface area contributed by atoms with E-state index in [1.165, 1.54) is 4.88 Å². The first kappa shape index (κ1) is 17.7. The van der Waals surface area contributed by atoms with Crippen LogP contribution in [-0.2, 0) is 17.6 Å². The monoisotopic (exact) mass is 373 g/mol. The number of amides is 1. The van der Waals surface area contributed by atoms with Gasteiger partial charge in [0.1, 0.15) is 0 Å². The molecule has 0 bridgehead atoms. The lowest BCUT2D eigenvalue weighted by molar-refractivity contribution is -0.120. The van der Waals surface area contributed by atoms with Gasteiger partial charge in [-0.05, 0) is 56.0 Å². The highest BCUT2D eigenvalue weighted by atomic mass is 35.5. The van der Waals surface area contributed by atoms with E-state index in [1.54, 1.807) is 11.3 Å². The van der Waals surface area contributed by atoms with E-state index in [0.29, 0.717) is 18.0 Å². The zero-order valence-electron chi connectivity index (χ0n) is 14.3. The van der Waals surface area contributed by atoms with Gasteiger partial charge in [0.05, 0.1) is 17.8 Å². The number of rotatable bonds is 6. The van der Waals surface area contributed by atoms with E-state index in [-0.39, 0.29) is 5.91 Å². The number of hydrogen-bond donors (Lipinski definition) is 1. The third-order valence-electron chi connectivity index (χ3n) is 4.12. The van der Waals surface area contributed by atoms with Crippen LogP contribution in [0.25, 0.3) is 5.69 Å². The number of carbonyl (C=O) groups is 1. The Morgan fingerprint density at radius 1 is 1.24 bits per heavy atom. The minimum atomic E-state index is 0.0263. The van der Waals surface area contributed by atoms with Crippen molar-refractivity contribution in [2.24, 2.45) is 0 Å². The van der Waals surface area contributed by atoms with Crippen molar-refractivity contribution in [3.05, 3.63) is 68.6 Å². The molecule has 0 atom stereocenters. The Morgan fingerprint density at radius 3 is 2.68 bits per heavy atom. The first-order chi connectivity index (χ1) is 12.0. The van der Waals surface area contributed by atoms with Gasteiger partial charge in [0.15, 0.2) is 0 Å². The number of aryl methyl sites for hydroxylation is 1. The topological polar surface area (TPSA) is 46.9 Å². The number of carbonyl (C=O) groups excluding carboxylic acids is 1. The second-order valence-electron chi connectivity index (χ2n) is 5.89. The van der Waals surface area contributed by atoms with E-state index in [2.05, 4.69) is 21.9 Å². The van der Waals surface area contributed by atoms with Crippen LogP contribution < -0.4 is 5.32 Å². The maximum Gasteiger partial charge on any atom is 0.224 e. The highest BCUT2D eigenvalue weighted by molar-refractivity contribution is 7.09. The fourth-order valence-corrected chi connectivity index (χ4v) is 3.60. The SMILES string of the molecule is Cc1nn(-c2ccc(Cl)cc2)c(C)c1CC(=O)NCCc1cccs1. The molecule has 4 nitrogen and oxygen atoms in total. The summed E-state index contributed by atoms with van der Waals surface area (Å²) in [4.78, 5) is 13.6. The highest BCUT2D eigenvalue weighted by Crippen LogP contribution is 2.20. The molecule has 130 valence electrons. The molecule has 1 N–H and O–H groups in total. The lowest BCUT2D eigenvalue weighted by Gasteiger charge is -2.07. The van der Waals surface area contributed by atoms with Gasteiger partial charge in [0.25, 0.3) is 0 Å². The van der Waals surface area contributed by atoms with Crippen LogP contribution in [0.4, 0.5) is 0 Å². The summed E-state index contributed by atoms with van der Waals surface area (Å²) in [6, 6.07) is 11.6. The van der Waals surface area contributed by atoms with E-state index < -0.39 is 0 Å². The van der Waals surface area contributed by atoms with E-state index in [1.807, 2.05) is 48.9 Å². The van der Waals surface area contributed by atoms with Crippen LogP contribution >= 0.6 is 22.9 Å². The van der Waals surface area contributed by atoms with Crippen LogP contribution in [0.3, 0.4) is 0 Å². The van der Waals surface area contributed by atoms with Crippen LogP contribution in [-0.4, -0.2) is 22.2 Å². The van der Waals surface area contributed by atoms with E-state index >= 15 is 0 Å². The minimum absolute atomic E-state index is 0.0263. The molecule has 1 aromatic carbocycles. The van der Waals surface area contributed by atoms with Crippen molar-refractivity contribution in [2.45, 2.75) is 26.7 Å². The summed E-state index contributed by atoms with van der Waals surface area (Å²) in [5.74, 6) is 0.0263. The molecule has 1 amide bonds. The van der Waals surface area contributed by atoms with Gasteiger partial charge in [-0.15, -0.1) is 11.3 Å². The summed E-state index contributed by atoms with van der Waals surface area (Å²) < 4.78 is 1.86. The first-order valence-corrected chi connectivity index (χ1v) is 9.40. The molecule has 0 aliphatic heterocycles. The molecule has 0 saturated carbocycles. The van der Waals surface area contributed by atoms with Gasteiger partial charge < -0.3 is 5.32 Å². The van der Waals surface area contributed by atoms with Crippen molar-refractivity contribution in [1.29, 1.82) is 0 Å². The summed E-state index contributed by atoms with van der Waals surface area (Å²) in [5.41, 5.74) is 3.77. The van der Waals surface area contributed by atoms with Gasteiger partial charge in [0.2, 0.25) is 5.91 Å². The Labute approximate surface area is 156 Å². The maximum absolute atomic E-state index is 12.3. The highest BCUT2D eigenvalue weighted by Gasteiger charge is 2.15. The lowest BCUT2D eigenvalue weighted by atomic mass is 10.1. The average Bonchev–Trinajstić information content (AvgIpc) is 3.19. The van der Waals surface area contributed by atoms with Crippen LogP contribution in [0.15, 0.2) is 41.8 Å². The third kappa shape index (κ3) is 4.30. The van der Waals surface area contributed by atoms with Crippen LogP contribution in [0, 0.1) is 13.8 Å². The molecule has 0 spiro atoms. The number of halogens is 1. The standard InChI is InChI=1S/C19H20ClN3OS/c1-13-18(12-19(24)21-10-9-17-4-3-11-25-17)14(2)23(22-13)16-7-5-15(20)6-8-16/h3-8,11H,9-10,12H2,1-2H3,(H,21,24). The van der Waals surface area contributed by atoms with E-state index in [0.717, 1.165) is 29.1 Å². The Morgan fingerprint density at radius 2 is 2.00 bits per heavy atom. The van der Waals surface area contributed by atoms with Crippen molar-refractivity contribution in [3.63, 3.8) is 0 Å². The molecule has 3 rings (SSSR count). The Bertz CT molecular complexity index is 854. The normalized spacial score (nSPS) is 10.8. The molecule has 25 heavy (non-hydrogen) atoms. The Balaban J connectivity index is 1.66. The van der Waals surface area contributed by atoms with Crippen molar-refractivity contribution >= 4 is 28.8 Å². The fraction of sp³-hybridized carbons (Fsp3) is 0.263. The second-order valence-corrected chi connectivity index (χ2v) is 7.36. The number of hydrogen-bond acceptors (Lipinski definition) is 3. The van der Waals surface area contributed by atoms with Crippen LogP contribution in [0.5, 0.6) is 0 Å². The predicted molar refractivity (Wildman–Crippen MR) is 103 cm³/mol. The van der Waals surface area contributed by atoms with Gasteiger partial charge in [-0.25, -0.2) is 4.68 Å². The number of nitrogens with one attached hydrogen (secondary N) is 1. The minimum Gasteiger partial charge on any atom is -0.355 e. The smallest absolute Gasteiger partial charge is 0.224 e. The van der Waals surface area contributed by atoms with E-state index in [9.17, 15) is 4.79 Å². The molecule has 6 heteroatoms. The van der Waals surface area contributed by atoms with Crippen molar-refractivity contribution in [1.82, 2.24) is 15.1 Å². The summed E-state index contributed by atoms with van der Waals surface area (Å²) in [5, 5.41) is 10.3. The average molecular weight is 374 g/mol.